The highest BCUT2D eigenvalue weighted by Gasteiger charge is 2.16. The lowest BCUT2D eigenvalue weighted by Crippen LogP contribution is -2.13. The molecule has 0 aliphatic rings. The number of hydrogen-bond donors (Lipinski definition) is 1. The van der Waals surface area contributed by atoms with E-state index in [1.165, 1.54) is 24.3 Å². The minimum absolute atomic E-state index is 0.121. The molecule has 1 N–H and O–H groups in total. The van der Waals surface area contributed by atoms with Crippen molar-refractivity contribution in [3.8, 4) is 0 Å². The van der Waals surface area contributed by atoms with Crippen LogP contribution in [0, 0.1) is 10.1 Å². The maximum absolute atomic E-state index is 12.4. The third kappa shape index (κ3) is 4.07. The van der Waals surface area contributed by atoms with Gasteiger partial charge in [0.15, 0.2) is 0 Å². The molecule has 0 saturated heterocycles. The van der Waals surface area contributed by atoms with Gasteiger partial charge < -0.3 is 0 Å². The number of nitrogens with one attached hydrogen (secondary N) is 1. The molecule has 23 heavy (non-hydrogen) atoms. The molecule has 0 heterocycles. The molecule has 0 bridgehead atoms. The molecule has 0 aromatic heterocycles. The second-order valence-corrected chi connectivity index (χ2v) is 6.97. The number of nitro benzene ring substituents is 1. The van der Waals surface area contributed by atoms with E-state index in [0.717, 1.165) is 12.0 Å². The number of nitrogens with zero attached hydrogens (tertiary/aromatic N) is 1. The molecular weight excluding hydrogens is 316 g/mol. The van der Waals surface area contributed by atoms with Gasteiger partial charge >= 0.3 is 0 Å². The maximum Gasteiger partial charge on any atom is 0.271 e. The largest absolute Gasteiger partial charge is 0.279 e. The summed E-state index contributed by atoms with van der Waals surface area (Å²) < 4.78 is 27.1. The monoisotopic (exact) mass is 334 g/mol. The zero-order valence-corrected chi connectivity index (χ0v) is 13.7. The predicted molar refractivity (Wildman–Crippen MR) is 89.1 cm³/mol. The normalized spacial score (nSPS) is 12.6. The highest BCUT2D eigenvalue weighted by Crippen LogP contribution is 2.23. The summed E-state index contributed by atoms with van der Waals surface area (Å²) in [6, 6.07) is 12.1. The van der Waals surface area contributed by atoms with Crippen molar-refractivity contribution >= 4 is 21.4 Å². The fraction of sp³-hybridized carbons (Fsp3) is 0.250. The van der Waals surface area contributed by atoms with Crippen LogP contribution < -0.4 is 4.72 Å². The molecule has 2 rings (SSSR count). The van der Waals surface area contributed by atoms with Crippen LogP contribution in [0.3, 0.4) is 0 Å². The molecule has 1 atom stereocenters. The van der Waals surface area contributed by atoms with Gasteiger partial charge in [-0.15, -0.1) is 0 Å². The Morgan fingerprint density at radius 3 is 2.39 bits per heavy atom. The second-order valence-electron chi connectivity index (χ2n) is 5.29. The summed E-state index contributed by atoms with van der Waals surface area (Å²) in [5, 5.41) is 10.7. The average Bonchev–Trinajstić information content (AvgIpc) is 2.54. The lowest BCUT2D eigenvalue weighted by molar-refractivity contribution is -0.384. The first-order chi connectivity index (χ1) is 10.8. The second kappa shape index (κ2) is 6.78. The molecular formula is C16H18N2O4S. The number of sulfonamides is 1. The predicted octanol–water partition coefficient (Wildman–Crippen LogP) is 3.91. The highest BCUT2D eigenvalue weighted by atomic mass is 32.2. The van der Waals surface area contributed by atoms with Gasteiger partial charge in [0.25, 0.3) is 15.7 Å². The fourth-order valence-corrected chi connectivity index (χ4v) is 3.16. The molecule has 7 heteroatoms. The Morgan fingerprint density at radius 1 is 1.17 bits per heavy atom. The smallest absolute Gasteiger partial charge is 0.271 e. The third-order valence-corrected chi connectivity index (χ3v) is 5.08. The molecule has 0 spiro atoms. The lowest BCUT2D eigenvalue weighted by atomic mass is 9.99. The van der Waals surface area contributed by atoms with Crippen LogP contribution in [0.2, 0.25) is 0 Å². The van der Waals surface area contributed by atoms with Crippen molar-refractivity contribution in [3.05, 3.63) is 64.2 Å². The van der Waals surface area contributed by atoms with Crippen molar-refractivity contribution in [1.29, 1.82) is 0 Å². The number of nitro groups is 1. The van der Waals surface area contributed by atoms with Crippen molar-refractivity contribution in [2.75, 3.05) is 4.72 Å². The van der Waals surface area contributed by atoms with Gasteiger partial charge in [-0.05, 0) is 36.1 Å². The van der Waals surface area contributed by atoms with E-state index >= 15 is 0 Å². The van der Waals surface area contributed by atoms with Gasteiger partial charge in [0.1, 0.15) is 0 Å². The van der Waals surface area contributed by atoms with Crippen LogP contribution in [0.5, 0.6) is 0 Å². The van der Waals surface area contributed by atoms with E-state index in [-0.39, 0.29) is 16.3 Å². The van der Waals surface area contributed by atoms with Crippen LogP contribution in [0.4, 0.5) is 11.4 Å². The zero-order valence-electron chi connectivity index (χ0n) is 12.9. The van der Waals surface area contributed by atoms with E-state index in [1.807, 2.05) is 0 Å². The van der Waals surface area contributed by atoms with E-state index in [4.69, 9.17) is 0 Å². The van der Waals surface area contributed by atoms with Crippen LogP contribution in [-0.2, 0) is 10.0 Å². The Bertz CT molecular complexity index is 801. The summed E-state index contributed by atoms with van der Waals surface area (Å²) in [6.45, 7) is 4.14. The summed E-state index contributed by atoms with van der Waals surface area (Å²) in [5.41, 5.74) is 1.06. The van der Waals surface area contributed by atoms with E-state index in [2.05, 4.69) is 18.6 Å². The number of rotatable bonds is 6. The van der Waals surface area contributed by atoms with Crippen LogP contribution in [-0.4, -0.2) is 13.3 Å². The van der Waals surface area contributed by atoms with Gasteiger partial charge in [-0.1, -0.05) is 32.0 Å². The standard InChI is InChI=1S/C16H18N2O4S/c1-3-12(2)13-7-9-16(10-8-13)23(21,22)17-14-5-4-6-15(11-14)18(19)20/h4-12,17H,3H2,1-2H3/t12-/m0/s1. The van der Waals surface area contributed by atoms with Crippen LogP contribution in [0.15, 0.2) is 53.4 Å². The van der Waals surface area contributed by atoms with Crippen molar-refractivity contribution in [2.45, 2.75) is 31.1 Å². The van der Waals surface area contributed by atoms with Gasteiger partial charge in [-0.25, -0.2) is 8.42 Å². The summed E-state index contributed by atoms with van der Waals surface area (Å²) in [5.74, 6) is 0.358. The van der Waals surface area contributed by atoms with Crippen molar-refractivity contribution < 1.29 is 13.3 Å². The SMILES string of the molecule is CC[C@H](C)c1ccc(S(=O)(=O)Nc2cccc([N+](=O)[O-])c2)cc1. The number of hydrogen-bond acceptors (Lipinski definition) is 4. The van der Waals surface area contributed by atoms with Crippen LogP contribution in [0.1, 0.15) is 31.7 Å². The third-order valence-electron chi connectivity index (χ3n) is 3.68. The molecule has 0 amide bonds. The van der Waals surface area contributed by atoms with E-state index < -0.39 is 14.9 Å². The molecule has 122 valence electrons. The van der Waals surface area contributed by atoms with Crippen LogP contribution >= 0.6 is 0 Å². The summed E-state index contributed by atoms with van der Waals surface area (Å²) in [4.78, 5) is 10.3. The molecule has 0 unspecified atom stereocenters. The Labute approximate surface area is 135 Å². The Hall–Kier alpha value is -2.41. The summed E-state index contributed by atoms with van der Waals surface area (Å²) in [7, 11) is -3.78. The number of benzene rings is 2. The molecule has 2 aromatic rings. The van der Waals surface area contributed by atoms with Gasteiger partial charge in [-0.2, -0.15) is 0 Å². The van der Waals surface area contributed by atoms with Crippen molar-refractivity contribution in [1.82, 2.24) is 0 Å². The molecule has 0 aliphatic heterocycles. The maximum atomic E-state index is 12.4. The molecule has 6 nitrogen and oxygen atoms in total. The number of non-ortho nitro benzene ring substituents is 1. The molecule has 0 saturated carbocycles. The molecule has 2 aromatic carbocycles. The lowest BCUT2D eigenvalue weighted by Gasteiger charge is -2.11. The topological polar surface area (TPSA) is 89.3 Å². The van der Waals surface area contributed by atoms with E-state index in [9.17, 15) is 18.5 Å². The Morgan fingerprint density at radius 2 is 1.83 bits per heavy atom. The van der Waals surface area contributed by atoms with E-state index in [1.54, 1.807) is 24.3 Å². The van der Waals surface area contributed by atoms with Gasteiger partial charge in [0.05, 0.1) is 15.5 Å². The minimum atomic E-state index is -3.78. The summed E-state index contributed by atoms with van der Waals surface area (Å²) >= 11 is 0. The minimum Gasteiger partial charge on any atom is -0.279 e. The fourth-order valence-electron chi connectivity index (χ4n) is 2.11. The molecule has 0 fully saturated rings. The molecule has 0 aliphatic carbocycles. The Balaban J connectivity index is 2.25. The zero-order chi connectivity index (χ0) is 17.0. The van der Waals surface area contributed by atoms with Gasteiger partial charge in [0.2, 0.25) is 0 Å². The highest BCUT2D eigenvalue weighted by molar-refractivity contribution is 7.92. The Kier molecular flexibility index (Phi) is 5.00. The number of anilines is 1. The first-order valence-electron chi connectivity index (χ1n) is 7.20. The van der Waals surface area contributed by atoms with Gasteiger partial charge in [0, 0.05) is 12.1 Å². The summed E-state index contributed by atoms with van der Waals surface area (Å²) in [6.07, 6.45) is 0.970. The van der Waals surface area contributed by atoms with Crippen molar-refractivity contribution in [2.24, 2.45) is 0 Å². The molecule has 0 radical (unpaired) electrons. The van der Waals surface area contributed by atoms with Crippen molar-refractivity contribution in [3.63, 3.8) is 0 Å². The average molecular weight is 334 g/mol. The quantitative estimate of drug-likeness (QED) is 0.640. The van der Waals surface area contributed by atoms with Gasteiger partial charge in [-0.3, -0.25) is 14.8 Å². The van der Waals surface area contributed by atoms with E-state index in [0.29, 0.717) is 5.92 Å². The first-order valence-corrected chi connectivity index (χ1v) is 8.69. The first kappa shape index (κ1) is 17.0. The van der Waals surface area contributed by atoms with Crippen LogP contribution in [0.25, 0.3) is 0 Å².